The summed E-state index contributed by atoms with van der Waals surface area (Å²) in [6.07, 6.45) is 4.27. The van der Waals surface area contributed by atoms with Gasteiger partial charge < -0.3 is 19.7 Å². The van der Waals surface area contributed by atoms with Crippen LogP contribution in [0.4, 0.5) is 5.69 Å². The topological polar surface area (TPSA) is 105 Å². The molecule has 9 nitrogen and oxygen atoms in total. The zero-order valence-corrected chi connectivity index (χ0v) is 28.5. The molecule has 4 aromatic rings. The molecule has 0 bridgehead atoms. The summed E-state index contributed by atoms with van der Waals surface area (Å²) in [4.78, 5) is 29.7. The van der Waals surface area contributed by atoms with Crippen LogP contribution in [0.25, 0.3) is 0 Å². The summed E-state index contributed by atoms with van der Waals surface area (Å²) in [5, 5.41) is 3.14. The number of nitrogens with zero attached hydrogens (tertiary/aromatic N) is 2. The Morgan fingerprint density at radius 2 is 1.44 bits per heavy atom. The van der Waals surface area contributed by atoms with Gasteiger partial charge in [-0.2, -0.15) is 0 Å². The third kappa shape index (κ3) is 8.55. The fraction of sp³-hybridized carbons (Fsp3) is 0.316. The standard InChI is InChI=1S/C38H43N3O6S/c1-4-36(38(43)39-30-10-8-9-11-30)40(26-29-16-20-32(46-3)21-17-29)37(42)27-41(48(44,45)35-24-14-28(2)15-25-35)31-18-22-34(23-19-31)47-33-12-6-5-7-13-33/h5-7,12-25,30,36H,4,8-11,26-27H2,1-3H3,(H,39,43)/t36-/m1/s1. The summed E-state index contributed by atoms with van der Waals surface area (Å²) in [7, 11) is -2.62. The molecule has 10 heteroatoms. The van der Waals surface area contributed by atoms with Gasteiger partial charge in [-0.15, -0.1) is 0 Å². The third-order valence-corrected chi connectivity index (χ3v) is 10.4. The Balaban J connectivity index is 1.49. The maximum Gasteiger partial charge on any atom is 0.264 e. The summed E-state index contributed by atoms with van der Waals surface area (Å²) >= 11 is 0. The molecule has 1 atom stereocenters. The van der Waals surface area contributed by atoms with Crippen molar-refractivity contribution in [3.8, 4) is 17.2 Å². The second-order valence-corrected chi connectivity index (χ2v) is 13.9. The summed E-state index contributed by atoms with van der Waals surface area (Å²) in [6, 6.07) is 28.9. The smallest absolute Gasteiger partial charge is 0.264 e. The maximum absolute atomic E-state index is 14.4. The first-order chi connectivity index (χ1) is 23.2. The molecule has 1 N–H and O–H groups in total. The van der Waals surface area contributed by atoms with E-state index < -0.39 is 28.5 Å². The van der Waals surface area contributed by atoms with E-state index in [4.69, 9.17) is 9.47 Å². The average Bonchev–Trinajstić information content (AvgIpc) is 3.61. The van der Waals surface area contributed by atoms with Gasteiger partial charge in [-0.3, -0.25) is 13.9 Å². The lowest BCUT2D eigenvalue weighted by Crippen LogP contribution is -2.53. The number of nitrogens with one attached hydrogen (secondary N) is 1. The van der Waals surface area contributed by atoms with E-state index in [0.29, 0.717) is 23.7 Å². The zero-order valence-electron chi connectivity index (χ0n) is 27.7. The highest BCUT2D eigenvalue weighted by Gasteiger charge is 2.34. The van der Waals surface area contributed by atoms with Crippen molar-refractivity contribution in [2.24, 2.45) is 0 Å². The molecule has 1 saturated carbocycles. The van der Waals surface area contributed by atoms with Crippen LogP contribution in [0, 0.1) is 6.92 Å². The number of anilines is 1. The van der Waals surface area contributed by atoms with Crippen LogP contribution in [-0.4, -0.2) is 50.9 Å². The van der Waals surface area contributed by atoms with E-state index in [-0.39, 0.29) is 29.1 Å². The molecule has 4 aromatic carbocycles. The van der Waals surface area contributed by atoms with Gasteiger partial charge in [0.1, 0.15) is 29.8 Å². The highest BCUT2D eigenvalue weighted by Crippen LogP contribution is 2.29. The van der Waals surface area contributed by atoms with E-state index in [9.17, 15) is 18.0 Å². The van der Waals surface area contributed by atoms with Crippen molar-refractivity contribution in [3.05, 3.63) is 114 Å². The van der Waals surface area contributed by atoms with Crippen LogP contribution in [0.1, 0.15) is 50.2 Å². The third-order valence-electron chi connectivity index (χ3n) is 8.59. The molecular weight excluding hydrogens is 627 g/mol. The van der Waals surface area contributed by atoms with E-state index in [1.54, 1.807) is 55.6 Å². The number of sulfonamides is 1. The summed E-state index contributed by atoms with van der Waals surface area (Å²) in [6.45, 7) is 3.33. The number of ether oxygens (including phenoxy) is 2. The van der Waals surface area contributed by atoms with Crippen LogP contribution in [-0.2, 0) is 26.2 Å². The zero-order chi connectivity index (χ0) is 34.1. The van der Waals surface area contributed by atoms with Crippen LogP contribution in [0.5, 0.6) is 17.2 Å². The number of para-hydroxylation sites is 1. The predicted octanol–water partition coefficient (Wildman–Crippen LogP) is 6.86. The molecule has 0 aliphatic heterocycles. The molecular formula is C38H43N3O6S. The number of amides is 2. The van der Waals surface area contributed by atoms with Gasteiger partial charge in [0, 0.05) is 12.6 Å². The molecule has 1 aliphatic rings. The van der Waals surface area contributed by atoms with Gasteiger partial charge in [-0.1, -0.05) is 67.8 Å². The quantitative estimate of drug-likeness (QED) is 0.157. The van der Waals surface area contributed by atoms with E-state index in [2.05, 4.69) is 5.32 Å². The molecule has 5 rings (SSSR count). The van der Waals surface area contributed by atoms with E-state index >= 15 is 0 Å². The summed E-state index contributed by atoms with van der Waals surface area (Å²) in [5.41, 5.74) is 1.98. The van der Waals surface area contributed by atoms with Crippen LogP contribution in [0.15, 0.2) is 108 Å². The first-order valence-corrected chi connectivity index (χ1v) is 17.8. The number of rotatable bonds is 14. The van der Waals surface area contributed by atoms with Crippen molar-refractivity contribution < 1.29 is 27.5 Å². The lowest BCUT2D eigenvalue weighted by molar-refractivity contribution is -0.140. The van der Waals surface area contributed by atoms with Gasteiger partial charge in [0.05, 0.1) is 17.7 Å². The van der Waals surface area contributed by atoms with Gasteiger partial charge in [0.2, 0.25) is 11.8 Å². The minimum Gasteiger partial charge on any atom is -0.497 e. The number of carbonyl (C=O) groups is 2. The molecule has 48 heavy (non-hydrogen) atoms. The monoisotopic (exact) mass is 669 g/mol. The number of hydrogen-bond acceptors (Lipinski definition) is 6. The number of carbonyl (C=O) groups excluding carboxylic acids is 2. The van der Waals surface area contributed by atoms with Gasteiger partial charge in [0.15, 0.2) is 0 Å². The lowest BCUT2D eigenvalue weighted by Gasteiger charge is -2.34. The molecule has 1 aliphatic carbocycles. The highest BCUT2D eigenvalue weighted by molar-refractivity contribution is 7.92. The van der Waals surface area contributed by atoms with E-state index in [0.717, 1.165) is 41.1 Å². The minimum absolute atomic E-state index is 0.0539. The molecule has 0 unspecified atom stereocenters. The highest BCUT2D eigenvalue weighted by atomic mass is 32.2. The molecule has 0 radical (unpaired) electrons. The number of benzene rings is 4. The number of methoxy groups -OCH3 is 1. The number of hydrogen-bond donors (Lipinski definition) is 1. The van der Waals surface area contributed by atoms with Crippen molar-refractivity contribution in [3.63, 3.8) is 0 Å². The number of aryl methyl sites for hydroxylation is 1. The SMILES string of the molecule is CC[C@H](C(=O)NC1CCCC1)N(Cc1ccc(OC)cc1)C(=O)CN(c1ccc(Oc2ccccc2)cc1)S(=O)(=O)c1ccc(C)cc1. The molecule has 0 heterocycles. The van der Waals surface area contributed by atoms with E-state index in [1.165, 1.54) is 17.0 Å². The fourth-order valence-electron chi connectivity index (χ4n) is 5.89. The van der Waals surface area contributed by atoms with Gasteiger partial charge >= 0.3 is 0 Å². The maximum atomic E-state index is 14.4. The Bertz CT molecular complexity index is 1760. The van der Waals surface area contributed by atoms with Crippen molar-refractivity contribution in [2.45, 2.75) is 69.5 Å². The average molecular weight is 670 g/mol. The molecule has 0 spiro atoms. The van der Waals surface area contributed by atoms with Crippen LogP contribution >= 0.6 is 0 Å². The van der Waals surface area contributed by atoms with Crippen LogP contribution < -0.4 is 19.1 Å². The summed E-state index contributed by atoms with van der Waals surface area (Å²) < 4.78 is 40.8. The van der Waals surface area contributed by atoms with Gasteiger partial charge in [-0.05, 0) is 92.4 Å². The Labute approximate surface area is 283 Å². The first kappa shape index (κ1) is 34.5. The Kier molecular flexibility index (Phi) is 11.4. The first-order valence-electron chi connectivity index (χ1n) is 16.3. The fourth-order valence-corrected chi connectivity index (χ4v) is 7.30. The predicted molar refractivity (Wildman–Crippen MR) is 187 cm³/mol. The Morgan fingerprint density at radius 1 is 0.833 bits per heavy atom. The Hall–Kier alpha value is -4.83. The van der Waals surface area contributed by atoms with Crippen LogP contribution in [0.2, 0.25) is 0 Å². The largest absolute Gasteiger partial charge is 0.497 e. The van der Waals surface area contributed by atoms with Crippen molar-refractivity contribution >= 4 is 27.5 Å². The second kappa shape index (κ2) is 15.8. The molecule has 0 saturated heterocycles. The minimum atomic E-state index is -4.20. The van der Waals surface area contributed by atoms with Crippen molar-refractivity contribution in [1.29, 1.82) is 0 Å². The van der Waals surface area contributed by atoms with Gasteiger partial charge in [0.25, 0.3) is 10.0 Å². The lowest BCUT2D eigenvalue weighted by atomic mass is 10.1. The van der Waals surface area contributed by atoms with Crippen LogP contribution in [0.3, 0.4) is 0 Å². The second-order valence-electron chi connectivity index (χ2n) is 12.0. The van der Waals surface area contributed by atoms with Crippen molar-refractivity contribution in [2.75, 3.05) is 18.0 Å². The van der Waals surface area contributed by atoms with E-state index in [1.807, 2.05) is 56.3 Å². The Morgan fingerprint density at radius 3 is 2.04 bits per heavy atom. The molecule has 1 fully saturated rings. The van der Waals surface area contributed by atoms with Crippen molar-refractivity contribution in [1.82, 2.24) is 10.2 Å². The molecule has 2 amide bonds. The van der Waals surface area contributed by atoms with Gasteiger partial charge in [-0.25, -0.2) is 8.42 Å². The molecule has 252 valence electrons. The summed E-state index contributed by atoms with van der Waals surface area (Å²) in [5.74, 6) is 1.08. The normalized spacial score (nSPS) is 13.8. The molecule has 0 aromatic heterocycles.